The number of methoxy groups -OCH3 is 2. The van der Waals surface area contributed by atoms with Crippen molar-refractivity contribution < 1.29 is 9.47 Å². The molecule has 1 unspecified atom stereocenters. The minimum atomic E-state index is 0.147. The van der Waals surface area contributed by atoms with Crippen LogP contribution >= 0.6 is 0 Å². The summed E-state index contributed by atoms with van der Waals surface area (Å²) < 4.78 is 11.4. The van der Waals surface area contributed by atoms with Crippen molar-refractivity contribution in [2.24, 2.45) is 4.99 Å². The van der Waals surface area contributed by atoms with Gasteiger partial charge >= 0.3 is 0 Å². The molecule has 2 aromatic rings. The molecule has 1 heterocycles. The van der Waals surface area contributed by atoms with Crippen LogP contribution in [0.1, 0.15) is 29.0 Å². The second-order valence-electron chi connectivity index (χ2n) is 7.32. The Labute approximate surface area is 161 Å². The lowest BCUT2D eigenvalue weighted by molar-refractivity contribution is 0.264. The van der Waals surface area contributed by atoms with E-state index in [0.29, 0.717) is 0 Å². The third kappa shape index (κ3) is 2.94. The Bertz CT molecular complexity index is 887. The van der Waals surface area contributed by atoms with Gasteiger partial charge in [-0.15, -0.1) is 0 Å². The zero-order valence-electron chi connectivity index (χ0n) is 16.3. The number of rotatable bonds is 4. The van der Waals surface area contributed by atoms with E-state index < -0.39 is 0 Å². The molecule has 2 aliphatic rings. The molecule has 27 heavy (non-hydrogen) atoms. The minimum Gasteiger partial charge on any atom is -0.493 e. The van der Waals surface area contributed by atoms with Gasteiger partial charge < -0.3 is 14.4 Å². The zero-order valence-corrected chi connectivity index (χ0v) is 16.3. The van der Waals surface area contributed by atoms with Gasteiger partial charge in [-0.2, -0.15) is 0 Å². The van der Waals surface area contributed by atoms with Crippen molar-refractivity contribution in [1.82, 2.24) is 4.90 Å². The molecule has 0 N–H and O–H groups in total. The maximum Gasteiger partial charge on any atom is 0.164 e. The van der Waals surface area contributed by atoms with E-state index in [9.17, 15) is 0 Å². The second-order valence-corrected chi connectivity index (χ2v) is 7.32. The molecule has 4 nitrogen and oxygen atoms in total. The topological polar surface area (TPSA) is 34.1 Å². The number of likely N-dealkylation sites (N-methyl/N-ethyl adjacent to an activating group) is 1. The molecule has 1 aliphatic heterocycles. The van der Waals surface area contributed by atoms with Crippen molar-refractivity contribution in [3.8, 4) is 11.5 Å². The number of nitrogens with zero attached hydrogens (tertiary/aromatic N) is 2. The number of fused-ring (bicyclic) bond motifs is 3. The van der Waals surface area contributed by atoms with Gasteiger partial charge in [0.25, 0.3) is 0 Å². The maximum atomic E-state index is 5.85. The molecule has 0 saturated heterocycles. The molecular weight excluding hydrogens is 336 g/mol. The van der Waals surface area contributed by atoms with Crippen molar-refractivity contribution in [2.75, 3.05) is 28.3 Å². The van der Waals surface area contributed by atoms with Crippen LogP contribution in [0.4, 0.5) is 0 Å². The van der Waals surface area contributed by atoms with E-state index in [1.54, 1.807) is 14.2 Å². The van der Waals surface area contributed by atoms with Gasteiger partial charge in [0.1, 0.15) is 0 Å². The Kier molecular flexibility index (Phi) is 4.75. The number of hydrogen-bond donors (Lipinski definition) is 0. The average molecular weight is 362 g/mol. The lowest BCUT2D eigenvalue weighted by atomic mass is 9.74. The van der Waals surface area contributed by atoms with Crippen LogP contribution in [0.3, 0.4) is 0 Å². The number of benzene rings is 2. The summed E-state index contributed by atoms with van der Waals surface area (Å²) in [6.45, 7) is 0. The summed E-state index contributed by atoms with van der Waals surface area (Å²) in [5, 5.41) is 0. The van der Waals surface area contributed by atoms with Crippen molar-refractivity contribution in [2.45, 2.75) is 24.4 Å². The monoisotopic (exact) mass is 362 g/mol. The predicted octanol–water partition coefficient (Wildman–Crippen LogP) is 3.90. The molecule has 1 aliphatic carbocycles. The van der Waals surface area contributed by atoms with Gasteiger partial charge in [-0.3, -0.25) is 4.99 Å². The van der Waals surface area contributed by atoms with Crippen LogP contribution in [0.15, 0.2) is 59.6 Å². The first-order chi connectivity index (χ1) is 13.2. The van der Waals surface area contributed by atoms with Crippen molar-refractivity contribution in [3.05, 3.63) is 71.3 Å². The molecule has 2 aromatic carbocycles. The maximum absolute atomic E-state index is 5.85. The first-order valence-corrected chi connectivity index (χ1v) is 9.37. The van der Waals surface area contributed by atoms with E-state index in [2.05, 4.69) is 61.5 Å². The van der Waals surface area contributed by atoms with Gasteiger partial charge in [0.15, 0.2) is 11.5 Å². The third-order valence-electron chi connectivity index (χ3n) is 5.62. The highest BCUT2D eigenvalue weighted by molar-refractivity contribution is 6.15. The fraction of sp³-hybridized carbons (Fsp3) is 0.348. The molecular formula is C23H26N2O2. The average Bonchev–Trinajstić information content (AvgIpc) is 2.72. The fourth-order valence-electron chi connectivity index (χ4n) is 4.36. The smallest absolute Gasteiger partial charge is 0.164 e. The molecule has 3 atom stereocenters. The van der Waals surface area contributed by atoms with Crippen LogP contribution in [0.5, 0.6) is 11.5 Å². The Morgan fingerprint density at radius 2 is 1.78 bits per heavy atom. The van der Waals surface area contributed by atoms with Crippen LogP contribution in [0, 0.1) is 0 Å². The van der Waals surface area contributed by atoms with E-state index in [1.165, 1.54) is 5.56 Å². The fourth-order valence-corrected chi connectivity index (χ4v) is 4.36. The molecule has 140 valence electrons. The summed E-state index contributed by atoms with van der Waals surface area (Å²) in [6, 6.07) is 14.9. The van der Waals surface area contributed by atoms with Gasteiger partial charge in [0, 0.05) is 22.6 Å². The summed E-state index contributed by atoms with van der Waals surface area (Å²) >= 11 is 0. The van der Waals surface area contributed by atoms with Gasteiger partial charge in [-0.25, -0.2) is 0 Å². The molecule has 4 rings (SSSR count). The zero-order chi connectivity index (χ0) is 19.0. The van der Waals surface area contributed by atoms with E-state index in [0.717, 1.165) is 34.8 Å². The van der Waals surface area contributed by atoms with E-state index in [-0.39, 0.29) is 18.0 Å². The summed E-state index contributed by atoms with van der Waals surface area (Å²) in [5.74, 6) is 1.89. The Morgan fingerprint density at radius 3 is 2.44 bits per heavy atom. The van der Waals surface area contributed by atoms with Crippen LogP contribution in [-0.2, 0) is 0 Å². The Hall–Kier alpha value is -2.59. The SMILES string of the molecule is COc1ccc2c(c1OC)[C@@H]1CC=C[C@H](N(C)C)C1N=C2c1ccccc1. The number of hydrogen-bond acceptors (Lipinski definition) is 4. The Morgan fingerprint density at radius 1 is 1.00 bits per heavy atom. The number of allylic oxidation sites excluding steroid dienone is 1. The van der Waals surface area contributed by atoms with E-state index in [4.69, 9.17) is 14.5 Å². The molecule has 0 radical (unpaired) electrons. The molecule has 0 saturated carbocycles. The van der Waals surface area contributed by atoms with Crippen molar-refractivity contribution in [3.63, 3.8) is 0 Å². The molecule has 0 bridgehead atoms. The van der Waals surface area contributed by atoms with E-state index >= 15 is 0 Å². The minimum absolute atomic E-state index is 0.147. The van der Waals surface area contributed by atoms with Gasteiger partial charge in [-0.1, -0.05) is 42.5 Å². The normalized spacial score (nSPS) is 23.4. The van der Waals surface area contributed by atoms with Crippen molar-refractivity contribution in [1.29, 1.82) is 0 Å². The standard InChI is InChI=1S/C23H26N2O2/c1-25(2)18-12-8-11-16-20-17(13-14-19(26-3)23(20)27-4)21(24-22(16)18)15-9-6-5-7-10-15/h5-10,12-14,16,18,22H,11H2,1-4H3/t16-,18-,22?/m0/s1. The first-order valence-electron chi connectivity index (χ1n) is 9.37. The van der Waals surface area contributed by atoms with E-state index in [1.807, 2.05) is 12.1 Å². The summed E-state index contributed by atoms with van der Waals surface area (Å²) in [7, 11) is 7.66. The largest absolute Gasteiger partial charge is 0.493 e. The van der Waals surface area contributed by atoms with Crippen LogP contribution in [-0.4, -0.2) is 51.0 Å². The van der Waals surface area contributed by atoms with Gasteiger partial charge in [0.05, 0.1) is 32.0 Å². The molecule has 0 amide bonds. The lowest BCUT2D eigenvalue weighted by Crippen LogP contribution is -2.44. The van der Waals surface area contributed by atoms with Crippen LogP contribution in [0.25, 0.3) is 0 Å². The summed E-state index contributed by atoms with van der Waals surface area (Å²) in [4.78, 5) is 7.52. The quantitative estimate of drug-likeness (QED) is 0.774. The number of aliphatic imine (C=N–C) groups is 1. The third-order valence-corrected chi connectivity index (χ3v) is 5.62. The Balaban J connectivity index is 1.97. The highest BCUT2D eigenvalue weighted by Gasteiger charge is 2.40. The predicted molar refractivity (Wildman–Crippen MR) is 109 cm³/mol. The lowest BCUT2D eigenvalue weighted by Gasteiger charge is -2.40. The molecule has 0 aromatic heterocycles. The molecule has 4 heteroatoms. The van der Waals surface area contributed by atoms with Crippen LogP contribution in [0.2, 0.25) is 0 Å². The highest BCUT2D eigenvalue weighted by atomic mass is 16.5. The second kappa shape index (κ2) is 7.20. The molecule has 0 fully saturated rings. The summed E-state index contributed by atoms with van der Waals surface area (Å²) in [6.07, 6.45) is 5.51. The highest BCUT2D eigenvalue weighted by Crippen LogP contribution is 2.47. The van der Waals surface area contributed by atoms with Crippen LogP contribution < -0.4 is 9.47 Å². The van der Waals surface area contributed by atoms with Gasteiger partial charge in [0.2, 0.25) is 0 Å². The van der Waals surface area contributed by atoms with Gasteiger partial charge in [-0.05, 0) is 32.6 Å². The molecule has 0 spiro atoms. The number of ether oxygens (including phenoxy) is 2. The first kappa shape index (κ1) is 17.8. The van der Waals surface area contributed by atoms with Crippen molar-refractivity contribution >= 4 is 5.71 Å². The summed E-state index contributed by atoms with van der Waals surface area (Å²) in [5.41, 5.74) is 4.53.